The molecule has 35 heavy (non-hydrogen) atoms. The van der Waals surface area contributed by atoms with Gasteiger partial charge in [0, 0.05) is 16.7 Å². The number of hydrogen-bond acceptors (Lipinski definition) is 5. The number of alkyl halides is 3. The summed E-state index contributed by atoms with van der Waals surface area (Å²) in [5.74, 6) is -0.858. The zero-order valence-corrected chi connectivity index (χ0v) is 20.5. The van der Waals surface area contributed by atoms with Crippen LogP contribution in [-0.4, -0.2) is 46.6 Å². The minimum Gasteiger partial charge on any atom is -0.444 e. The molecule has 6 nitrogen and oxygen atoms in total. The largest absolute Gasteiger partial charge is 0.444 e. The summed E-state index contributed by atoms with van der Waals surface area (Å²) in [5.41, 5.74) is -1.64. The molecule has 1 aromatic carbocycles. The number of likely N-dealkylation sites (tertiary alicyclic amines) is 1. The Balaban J connectivity index is 1.56. The summed E-state index contributed by atoms with van der Waals surface area (Å²) in [7, 11) is 0. The summed E-state index contributed by atoms with van der Waals surface area (Å²) in [6, 6.07) is 6.79. The summed E-state index contributed by atoms with van der Waals surface area (Å²) in [6.45, 7) is 6.05. The number of carbonyl (C=O) groups excluding carboxylic acids is 2. The number of rotatable bonds is 3. The van der Waals surface area contributed by atoms with Crippen molar-refractivity contribution in [2.75, 3.05) is 13.1 Å². The van der Waals surface area contributed by atoms with Crippen LogP contribution in [0.3, 0.4) is 0 Å². The Labute approximate surface area is 209 Å². The molecular formula is C24H21Cl2F3N2O4. The molecule has 0 atom stereocenters. The van der Waals surface area contributed by atoms with Crippen LogP contribution >= 0.6 is 23.2 Å². The van der Waals surface area contributed by atoms with Gasteiger partial charge >= 0.3 is 12.3 Å². The van der Waals surface area contributed by atoms with Crippen molar-refractivity contribution in [1.29, 1.82) is 0 Å². The van der Waals surface area contributed by atoms with Crippen LogP contribution in [0.4, 0.5) is 18.0 Å². The molecular weight excluding hydrogens is 508 g/mol. The number of halogens is 5. The van der Waals surface area contributed by atoms with E-state index < -0.39 is 40.5 Å². The zero-order chi connectivity index (χ0) is 25.8. The third-order valence-electron chi connectivity index (χ3n) is 5.54. The highest BCUT2D eigenvalue weighted by atomic mass is 35.5. The van der Waals surface area contributed by atoms with Gasteiger partial charge in [-0.1, -0.05) is 35.3 Å². The molecule has 4 rings (SSSR count). The first kappa shape index (κ1) is 25.5. The monoisotopic (exact) mass is 528 g/mol. The lowest BCUT2D eigenvalue weighted by Crippen LogP contribution is -2.61. The van der Waals surface area contributed by atoms with E-state index in [9.17, 15) is 22.8 Å². The highest BCUT2D eigenvalue weighted by Gasteiger charge is 2.52. The van der Waals surface area contributed by atoms with Gasteiger partial charge in [0.2, 0.25) is 0 Å². The molecule has 2 aliphatic heterocycles. The molecule has 0 N–H and O–H groups in total. The molecule has 186 valence electrons. The van der Waals surface area contributed by atoms with E-state index in [1.165, 1.54) is 23.1 Å². The van der Waals surface area contributed by atoms with E-state index in [2.05, 4.69) is 4.98 Å². The van der Waals surface area contributed by atoms with Gasteiger partial charge in [0.1, 0.15) is 16.4 Å². The number of fused-ring (bicyclic) bond motifs is 2. The molecule has 0 saturated carbocycles. The van der Waals surface area contributed by atoms with E-state index in [0.29, 0.717) is 11.6 Å². The molecule has 0 radical (unpaired) electrons. The molecule has 0 unspecified atom stereocenters. The zero-order valence-electron chi connectivity index (χ0n) is 19.0. The Hall–Kier alpha value is -2.62. The van der Waals surface area contributed by atoms with Gasteiger partial charge in [0.15, 0.2) is 5.78 Å². The van der Waals surface area contributed by atoms with Crippen molar-refractivity contribution in [1.82, 2.24) is 9.88 Å². The Morgan fingerprint density at radius 3 is 2.43 bits per heavy atom. The molecule has 0 aliphatic carbocycles. The highest BCUT2D eigenvalue weighted by Crippen LogP contribution is 2.44. The standard InChI is InChI=1S/C24H21Cl2F3N2O4/c1-22(2,3)35-21(33)31-11-23(12-31)16-5-4-13(6-14(16)10-34-23)19(32)9-17(24(27,28)29)18-7-15(25)8-20(26)30-18/h4-9H,10-12H2,1-3H3/b17-9-. The summed E-state index contributed by atoms with van der Waals surface area (Å²) in [5, 5.41) is -0.264. The number of ketones is 1. The topological polar surface area (TPSA) is 68.7 Å². The predicted octanol–water partition coefficient (Wildman–Crippen LogP) is 6.19. The predicted molar refractivity (Wildman–Crippen MR) is 123 cm³/mol. The summed E-state index contributed by atoms with van der Waals surface area (Å²) < 4.78 is 52.4. The van der Waals surface area contributed by atoms with E-state index in [0.717, 1.165) is 11.6 Å². The highest BCUT2D eigenvalue weighted by molar-refractivity contribution is 6.34. The first-order valence-electron chi connectivity index (χ1n) is 10.6. The number of pyridine rings is 1. The lowest BCUT2D eigenvalue weighted by atomic mass is 9.84. The molecule has 1 aromatic heterocycles. The van der Waals surface area contributed by atoms with Crippen LogP contribution in [0.5, 0.6) is 0 Å². The van der Waals surface area contributed by atoms with Gasteiger partial charge < -0.3 is 14.4 Å². The normalized spacial score (nSPS) is 17.3. The van der Waals surface area contributed by atoms with Crippen molar-refractivity contribution < 1.29 is 32.2 Å². The second kappa shape index (κ2) is 8.80. The average Bonchev–Trinajstić information content (AvgIpc) is 3.06. The molecule has 2 aromatic rings. The fourth-order valence-electron chi connectivity index (χ4n) is 4.01. The molecule has 1 saturated heterocycles. The van der Waals surface area contributed by atoms with Crippen LogP contribution in [0.25, 0.3) is 5.57 Å². The summed E-state index contributed by atoms with van der Waals surface area (Å²) >= 11 is 11.6. The lowest BCUT2D eigenvalue weighted by molar-refractivity contribution is -0.137. The van der Waals surface area contributed by atoms with E-state index in [1.54, 1.807) is 26.8 Å². The van der Waals surface area contributed by atoms with Gasteiger partial charge in [-0.2, -0.15) is 13.2 Å². The van der Waals surface area contributed by atoms with Crippen molar-refractivity contribution in [3.05, 3.63) is 69.0 Å². The maximum atomic E-state index is 13.7. The van der Waals surface area contributed by atoms with Crippen molar-refractivity contribution in [3.8, 4) is 0 Å². The molecule has 0 bridgehead atoms. The second-order valence-electron chi connectivity index (χ2n) is 9.40. The van der Waals surface area contributed by atoms with Crippen LogP contribution in [-0.2, 0) is 21.7 Å². The molecule has 1 fully saturated rings. The maximum Gasteiger partial charge on any atom is 0.418 e. The van der Waals surface area contributed by atoms with Gasteiger partial charge in [-0.05, 0) is 50.1 Å². The molecule has 11 heteroatoms. The molecule has 3 heterocycles. The van der Waals surface area contributed by atoms with Crippen molar-refractivity contribution in [2.24, 2.45) is 0 Å². The molecule has 2 aliphatic rings. The van der Waals surface area contributed by atoms with Gasteiger partial charge in [-0.15, -0.1) is 0 Å². The van der Waals surface area contributed by atoms with Crippen LogP contribution in [0.15, 0.2) is 36.4 Å². The van der Waals surface area contributed by atoms with Gasteiger partial charge in [0.05, 0.1) is 31.0 Å². The SMILES string of the molecule is CC(C)(C)OC(=O)N1CC2(C1)OCc1cc(C(=O)/C=C(/c3cc(Cl)cc(Cl)n3)C(F)(F)F)ccc12. The smallest absolute Gasteiger partial charge is 0.418 e. The minimum atomic E-state index is -4.86. The number of amides is 1. The average molecular weight is 529 g/mol. The van der Waals surface area contributed by atoms with Gasteiger partial charge in [0.25, 0.3) is 0 Å². The number of carbonyl (C=O) groups is 2. The fourth-order valence-corrected chi connectivity index (χ4v) is 4.48. The van der Waals surface area contributed by atoms with Crippen LogP contribution in [0, 0.1) is 0 Å². The third-order valence-corrected chi connectivity index (χ3v) is 5.96. The lowest BCUT2D eigenvalue weighted by Gasteiger charge is -2.47. The Morgan fingerprint density at radius 2 is 1.83 bits per heavy atom. The van der Waals surface area contributed by atoms with E-state index in [4.69, 9.17) is 32.7 Å². The first-order chi connectivity index (χ1) is 16.2. The Morgan fingerprint density at radius 1 is 1.14 bits per heavy atom. The van der Waals surface area contributed by atoms with Crippen LogP contribution in [0.2, 0.25) is 10.2 Å². The number of nitrogens with zero attached hydrogens (tertiary/aromatic N) is 2. The van der Waals surface area contributed by atoms with Crippen LogP contribution in [0.1, 0.15) is 48.0 Å². The number of benzene rings is 1. The molecule has 1 amide bonds. The van der Waals surface area contributed by atoms with Crippen LogP contribution < -0.4 is 0 Å². The first-order valence-corrected chi connectivity index (χ1v) is 11.3. The Bertz CT molecular complexity index is 1210. The maximum absolute atomic E-state index is 13.7. The number of hydrogen-bond donors (Lipinski definition) is 0. The fraction of sp³-hybridized carbons (Fsp3) is 0.375. The van der Waals surface area contributed by atoms with E-state index >= 15 is 0 Å². The van der Waals surface area contributed by atoms with Crippen molar-refractivity contribution >= 4 is 40.7 Å². The molecule has 1 spiro atoms. The third kappa shape index (κ3) is 5.32. The summed E-state index contributed by atoms with van der Waals surface area (Å²) in [6.07, 6.45) is -4.83. The quantitative estimate of drug-likeness (QED) is 0.269. The summed E-state index contributed by atoms with van der Waals surface area (Å²) in [4.78, 5) is 30.2. The van der Waals surface area contributed by atoms with Crippen molar-refractivity contribution in [2.45, 2.75) is 44.8 Å². The van der Waals surface area contributed by atoms with E-state index in [-0.39, 0.29) is 35.4 Å². The van der Waals surface area contributed by atoms with Gasteiger partial charge in [-0.3, -0.25) is 4.79 Å². The Kier molecular flexibility index (Phi) is 6.40. The number of aromatic nitrogens is 1. The minimum absolute atomic E-state index is 0.0384. The number of allylic oxidation sites excluding steroid dienone is 2. The second-order valence-corrected chi connectivity index (χ2v) is 10.2. The number of ether oxygens (including phenoxy) is 2. The van der Waals surface area contributed by atoms with Crippen molar-refractivity contribution in [3.63, 3.8) is 0 Å². The van der Waals surface area contributed by atoms with E-state index in [1.807, 2.05) is 0 Å². The van der Waals surface area contributed by atoms with Gasteiger partial charge in [-0.25, -0.2) is 9.78 Å².